The molecular formula is C13H13Cl2NOS. The fourth-order valence-electron chi connectivity index (χ4n) is 1.70. The van der Waals surface area contributed by atoms with Crippen LogP contribution in [0.4, 0.5) is 0 Å². The van der Waals surface area contributed by atoms with Crippen LogP contribution in [-0.2, 0) is 6.54 Å². The predicted octanol–water partition coefficient (Wildman–Crippen LogP) is 3.88. The second kappa shape index (κ2) is 6.55. The van der Waals surface area contributed by atoms with Crippen LogP contribution >= 0.6 is 34.5 Å². The maximum Gasteiger partial charge on any atom is 0.0640 e. The molecule has 2 nitrogen and oxygen atoms in total. The molecule has 0 fully saturated rings. The van der Waals surface area contributed by atoms with E-state index >= 15 is 0 Å². The molecule has 2 aromatic rings. The maximum atomic E-state index is 9.46. The van der Waals surface area contributed by atoms with Crippen LogP contribution in [0, 0.1) is 0 Å². The van der Waals surface area contributed by atoms with E-state index in [1.165, 1.54) is 4.88 Å². The first-order chi connectivity index (χ1) is 8.72. The van der Waals surface area contributed by atoms with Crippen molar-refractivity contribution in [1.82, 2.24) is 5.32 Å². The molecular weight excluding hydrogens is 289 g/mol. The highest BCUT2D eigenvalue weighted by Crippen LogP contribution is 2.30. The van der Waals surface area contributed by atoms with Gasteiger partial charge in [-0.25, -0.2) is 0 Å². The Morgan fingerprint density at radius 1 is 1.22 bits per heavy atom. The summed E-state index contributed by atoms with van der Waals surface area (Å²) in [7, 11) is 0. The van der Waals surface area contributed by atoms with E-state index in [4.69, 9.17) is 23.2 Å². The first kappa shape index (κ1) is 13.8. The Kier molecular flexibility index (Phi) is 5.03. The van der Waals surface area contributed by atoms with Crippen LogP contribution in [0.1, 0.15) is 16.5 Å². The van der Waals surface area contributed by atoms with Crippen LogP contribution in [0.15, 0.2) is 35.7 Å². The van der Waals surface area contributed by atoms with E-state index in [9.17, 15) is 5.11 Å². The Bertz CT molecular complexity index is 502. The fraction of sp³-hybridized carbons (Fsp3) is 0.231. The molecule has 1 heterocycles. The van der Waals surface area contributed by atoms with Gasteiger partial charge in [0.1, 0.15) is 0 Å². The second-order valence-corrected chi connectivity index (χ2v) is 5.66. The van der Waals surface area contributed by atoms with E-state index in [1.807, 2.05) is 29.6 Å². The average Bonchev–Trinajstić information content (AvgIpc) is 2.88. The lowest BCUT2D eigenvalue weighted by atomic mass is 10.1. The van der Waals surface area contributed by atoms with E-state index < -0.39 is 0 Å². The van der Waals surface area contributed by atoms with Crippen LogP contribution in [0.3, 0.4) is 0 Å². The van der Waals surface area contributed by atoms with Crippen LogP contribution in [-0.4, -0.2) is 11.7 Å². The van der Waals surface area contributed by atoms with Crippen molar-refractivity contribution in [1.29, 1.82) is 0 Å². The third-order valence-corrected chi connectivity index (χ3v) is 4.35. The minimum atomic E-state index is -0.210. The summed E-state index contributed by atoms with van der Waals surface area (Å²) in [6.45, 7) is 0.678. The molecule has 1 atom stereocenters. The van der Waals surface area contributed by atoms with E-state index in [-0.39, 0.29) is 12.6 Å². The Hall–Kier alpha value is -0.580. The summed E-state index contributed by atoms with van der Waals surface area (Å²) in [6, 6.07) is 9.28. The fourth-order valence-corrected chi connectivity index (χ4v) is 2.79. The average molecular weight is 302 g/mol. The number of thiophene rings is 1. The summed E-state index contributed by atoms with van der Waals surface area (Å²) in [5.41, 5.74) is 0.822. The van der Waals surface area contributed by atoms with Gasteiger partial charge in [0, 0.05) is 11.4 Å². The highest BCUT2D eigenvalue weighted by molar-refractivity contribution is 7.09. The summed E-state index contributed by atoms with van der Waals surface area (Å²) in [4.78, 5) is 1.21. The van der Waals surface area contributed by atoms with Crippen molar-refractivity contribution in [3.8, 4) is 0 Å². The van der Waals surface area contributed by atoms with E-state index in [0.717, 1.165) is 5.56 Å². The lowest BCUT2D eigenvalue weighted by Gasteiger charge is -2.18. The van der Waals surface area contributed by atoms with Crippen molar-refractivity contribution in [2.24, 2.45) is 0 Å². The summed E-state index contributed by atoms with van der Waals surface area (Å²) < 4.78 is 0. The first-order valence-electron chi connectivity index (χ1n) is 5.53. The lowest BCUT2D eigenvalue weighted by Crippen LogP contribution is -2.24. The van der Waals surface area contributed by atoms with Crippen molar-refractivity contribution >= 4 is 34.5 Å². The van der Waals surface area contributed by atoms with Gasteiger partial charge in [-0.15, -0.1) is 11.3 Å². The number of nitrogens with one attached hydrogen (secondary N) is 1. The van der Waals surface area contributed by atoms with Gasteiger partial charge in [0.15, 0.2) is 0 Å². The molecule has 2 rings (SSSR count). The highest BCUT2D eigenvalue weighted by atomic mass is 35.5. The Labute approximate surface area is 120 Å². The molecule has 1 aromatic heterocycles. The summed E-state index contributed by atoms with van der Waals surface area (Å²) in [5, 5.41) is 15.8. The monoisotopic (exact) mass is 301 g/mol. The smallest absolute Gasteiger partial charge is 0.0640 e. The Morgan fingerprint density at radius 2 is 2.06 bits per heavy atom. The van der Waals surface area contributed by atoms with E-state index in [1.54, 1.807) is 17.4 Å². The summed E-state index contributed by atoms with van der Waals surface area (Å²) in [6.07, 6.45) is 0. The largest absolute Gasteiger partial charge is 0.394 e. The van der Waals surface area contributed by atoms with Crippen molar-refractivity contribution in [2.75, 3.05) is 6.61 Å². The van der Waals surface area contributed by atoms with Gasteiger partial charge in [-0.2, -0.15) is 0 Å². The van der Waals surface area contributed by atoms with Gasteiger partial charge in [-0.05, 0) is 23.1 Å². The minimum Gasteiger partial charge on any atom is -0.394 e. The lowest BCUT2D eigenvalue weighted by molar-refractivity contribution is 0.244. The maximum absolute atomic E-state index is 9.46. The molecule has 5 heteroatoms. The molecule has 0 bridgehead atoms. The van der Waals surface area contributed by atoms with Gasteiger partial charge >= 0.3 is 0 Å². The zero-order valence-electron chi connectivity index (χ0n) is 9.57. The van der Waals surface area contributed by atoms with Crippen LogP contribution in [0.2, 0.25) is 10.0 Å². The molecule has 0 spiro atoms. The SMILES string of the molecule is OCC(NCc1cccs1)c1cccc(Cl)c1Cl. The summed E-state index contributed by atoms with van der Waals surface area (Å²) in [5.74, 6) is 0. The normalized spacial score (nSPS) is 12.6. The predicted molar refractivity (Wildman–Crippen MR) is 77.4 cm³/mol. The molecule has 18 heavy (non-hydrogen) atoms. The number of aliphatic hydroxyl groups excluding tert-OH is 1. The van der Waals surface area contributed by atoms with Crippen LogP contribution < -0.4 is 5.32 Å². The first-order valence-corrected chi connectivity index (χ1v) is 7.16. The molecule has 1 aromatic carbocycles. The Morgan fingerprint density at radius 3 is 2.72 bits per heavy atom. The number of halogens is 2. The van der Waals surface area contributed by atoms with Crippen molar-refractivity contribution in [3.63, 3.8) is 0 Å². The molecule has 0 saturated carbocycles. The number of benzene rings is 1. The van der Waals surface area contributed by atoms with Crippen molar-refractivity contribution in [3.05, 3.63) is 56.2 Å². The van der Waals surface area contributed by atoms with Gasteiger partial charge < -0.3 is 10.4 Å². The van der Waals surface area contributed by atoms with Gasteiger partial charge in [0.05, 0.1) is 22.7 Å². The zero-order chi connectivity index (χ0) is 13.0. The van der Waals surface area contributed by atoms with Crippen LogP contribution in [0.5, 0.6) is 0 Å². The van der Waals surface area contributed by atoms with Gasteiger partial charge in [-0.3, -0.25) is 0 Å². The topological polar surface area (TPSA) is 32.3 Å². The Balaban J connectivity index is 2.10. The minimum absolute atomic E-state index is 0.0224. The molecule has 96 valence electrons. The molecule has 0 aliphatic carbocycles. The third kappa shape index (κ3) is 3.25. The van der Waals surface area contributed by atoms with Gasteiger partial charge in [0.25, 0.3) is 0 Å². The molecule has 2 N–H and O–H groups in total. The van der Waals surface area contributed by atoms with E-state index in [2.05, 4.69) is 5.32 Å². The number of hydrogen-bond acceptors (Lipinski definition) is 3. The molecule has 0 saturated heterocycles. The second-order valence-electron chi connectivity index (χ2n) is 3.84. The standard InChI is InChI=1S/C13H13Cl2NOS/c14-11-5-1-4-10(13(11)15)12(8-17)16-7-9-3-2-6-18-9/h1-6,12,16-17H,7-8H2. The number of aliphatic hydroxyl groups is 1. The molecule has 0 aliphatic rings. The van der Waals surface area contributed by atoms with Crippen molar-refractivity contribution < 1.29 is 5.11 Å². The molecule has 0 amide bonds. The van der Waals surface area contributed by atoms with Crippen LogP contribution in [0.25, 0.3) is 0 Å². The quantitative estimate of drug-likeness (QED) is 0.878. The molecule has 0 radical (unpaired) electrons. The molecule has 1 unspecified atom stereocenters. The number of hydrogen-bond donors (Lipinski definition) is 2. The zero-order valence-corrected chi connectivity index (χ0v) is 11.9. The summed E-state index contributed by atoms with van der Waals surface area (Å²) >= 11 is 13.8. The van der Waals surface area contributed by atoms with E-state index in [0.29, 0.717) is 16.6 Å². The highest BCUT2D eigenvalue weighted by Gasteiger charge is 2.15. The van der Waals surface area contributed by atoms with Gasteiger partial charge in [0.2, 0.25) is 0 Å². The third-order valence-electron chi connectivity index (χ3n) is 2.64. The molecule has 0 aliphatic heterocycles. The van der Waals surface area contributed by atoms with Crippen molar-refractivity contribution in [2.45, 2.75) is 12.6 Å². The number of rotatable bonds is 5. The van der Waals surface area contributed by atoms with Gasteiger partial charge in [-0.1, -0.05) is 41.4 Å².